The van der Waals surface area contributed by atoms with Gasteiger partial charge in [0.15, 0.2) is 11.5 Å². The molecule has 0 spiro atoms. The summed E-state index contributed by atoms with van der Waals surface area (Å²) >= 11 is 0. The van der Waals surface area contributed by atoms with Crippen LogP contribution in [0.4, 0.5) is 0 Å². The Morgan fingerprint density at radius 1 is 1.03 bits per heavy atom. The van der Waals surface area contributed by atoms with Gasteiger partial charge < -0.3 is 18.8 Å². The van der Waals surface area contributed by atoms with Crippen LogP contribution in [0.1, 0.15) is 12.5 Å². The van der Waals surface area contributed by atoms with Crippen LogP contribution < -0.4 is 9.47 Å². The fourth-order valence-corrected chi connectivity index (χ4v) is 5.17. The molecule has 0 radical (unpaired) electrons. The molecule has 9 heteroatoms. The smallest absolute Gasteiger partial charge is 0.302 e. The van der Waals surface area contributed by atoms with E-state index in [4.69, 9.17) is 14.2 Å². The van der Waals surface area contributed by atoms with Gasteiger partial charge in [-0.3, -0.25) is 4.79 Å². The molecule has 0 amide bonds. The maximum atomic E-state index is 13.4. The Morgan fingerprint density at radius 3 is 2.44 bits per heavy atom. The zero-order chi connectivity index (χ0) is 24.5. The Bertz CT molecular complexity index is 1450. The van der Waals surface area contributed by atoms with Crippen LogP contribution in [0.2, 0.25) is 0 Å². The molecule has 0 bridgehead atoms. The summed E-state index contributed by atoms with van der Waals surface area (Å²) in [5.41, 5.74) is 3.09. The molecule has 0 fully saturated rings. The number of rotatable bonds is 8. The number of hydrogen-bond donors (Lipinski definition) is 0. The Labute approximate surface area is 198 Å². The van der Waals surface area contributed by atoms with Gasteiger partial charge in [-0.25, -0.2) is 12.4 Å². The van der Waals surface area contributed by atoms with Crippen LogP contribution in [0.5, 0.6) is 11.5 Å². The first kappa shape index (κ1) is 23.4. The Kier molecular flexibility index (Phi) is 6.39. The fraction of sp³-hybridized carbons (Fsp3) is 0.240. The van der Waals surface area contributed by atoms with Crippen molar-refractivity contribution in [1.29, 1.82) is 0 Å². The summed E-state index contributed by atoms with van der Waals surface area (Å²) in [6, 6.07) is 13.9. The largest absolute Gasteiger partial charge is 0.493 e. The van der Waals surface area contributed by atoms with Gasteiger partial charge in [-0.15, -0.1) is 0 Å². The SMILES string of the molecule is COc1cc2c(-c3cccn3S(=O)(=O)c3ccc(C)cc3)cn(C)c2cc1OCCOC(C)=O. The van der Waals surface area contributed by atoms with E-state index in [1.54, 1.807) is 42.6 Å². The molecule has 8 nitrogen and oxygen atoms in total. The van der Waals surface area contributed by atoms with Crippen molar-refractivity contribution in [3.63, 3.8) is 0 Å². The van der Waals surface area contributed by atoms with Gasteiger partial charge in [0.25, 0.3) is 10.0 Å². The van der Waals surface area contributed by atoms with Gasteiger partial charge in [0.2, 0.25) is 0 Å². The number of nitrogens with zero attached hydrogens (tertiary/aromatic N) is 2. The summed E-state index contributed by atoms with van der Waals surface area (Å²) in [7, 11) is -0.374. The molecule has 2 aromatic heterocycles. The molecule has 0 aliphatic carbocycles. The summed E-state index contributed by atoms with van der Waals surface area (Å²) in [5, 5.41) is 0.811. The quantitative estimate of drug-likeness (QED) is 0.277. The monoisotopic (exact) mass is 482 g/mol. The summed E-state index contributed by atoms with van der Waals surface area (Å²) < 4.78 is 46.2. The fourth-order valence-electron chi connectivity index (χ4n) is 3.81. The molecule has 0 saturated heterocycles. The molecule has 0 N–H and O–H groups in total. The molecular formula is C25H26N2O6S. The Hall–Kier alpha value is -3.72. The van der Waals surface area contributed by atoms with E-state index < -0.39 is 10.0 Å². The number of aromatic nitrogens is 2. The van der Waals surface area contributed by atoms with E-state index in [1.807, 2.05) is 36.9 Å². The number of benzene rings is 2. The number of carbonyl (C=O) groups excluding carboxylic acids is 1. The molecule has 4 rings (SSSR count). The van der Waals surface area contributed by atoms with E-state index in [9.17, 15) is 13.2 Å². The second kappa shape index (κ2) is 9.26. The van der Waals surface area contributed by atoms with Gasteiger partial charge in [-0.2, -0.15) is 0 Å². The van der Waals surface area contributed by atoms with Gasteiger partial charge in [-0.1, -0.05) is 17.7 Å². The molecule has 2 heterocycles. The molecule has 0 atom stereocenters. The third-order valence-corrected chi connectivity index (χ3v) is 7.19. The minimum Gasteiger partial charge on any atom is -0.493 e. The third kappa shape index (κ3) is 4.38. The molecule has 0 aliphatic heterocycles. The van der Waals surface area contributed by atoms with Gasteiger partial charge in [-0.05, 0) is 37.3 Å². The predicted octanol–water partition coefficient (Wildman–Crippen LogP) is 4.14. The van der Waals surface area contributed by atoms with E-state index in [2.05, 4.69) is 0 Å². The maximum absolute atomic E-state index is 13.4. The van der Waals surface area contributed by atoms with Crippen molar-refractivity contribution >= 4 is 26.9 Å². The number of carbonyl (C=O) groups is 1. The van der Waals surface area contributed by atoms with Crippen molar-refractivity contribution in [2.45, 2.75) is 18.7 Å². The summed E-state index contributed by atoms with van der Waals surface area (Å²) in [5.74, 6) is 0.613. The van der Waals surface area contributed by atoms with E-state index in [0.717, 1.165) is 22.0 Å². The molecule has 34 heavy (non-hydrogen) atoms. The molecule has 2 aromatic carbocycles. The second-order valence-corrected chi connectivity index (χ2v) is 9.68. The highest BCUT2D eigenvalue weighted by Gasteiger charge is 2.23. The van der Waals surface area contributed by atoms with E-state index in [-0.39, 0.29) is 24.1 Å². The first-order chi connectivity index (χ1) is 16.2. The van der Waals surface area contributed by atoms with Crippen LogP contribution in [0.15, 0.2) is 65.8 Å². The first-order valence-electron chi connectivity index (χ1n) is 10.7. The van der Waals surface area contributed by atoms with Gasteiger partial charge >= 0.3 is 5.97 Å². The highest BCUT2D eigenvalue weighted by molar-refractivity contribution is 7.90. The number of ether oxygens (including phenoxy) is 3. The number of hydrogen-bond acceptors (Lipinski definition) is 6. The highest BCUT2D eigenvalue weighted by atomic mass is 32.2. The van der Waals surface area contributed by atoms with Crippen LogP contribution >= 0.6 is 0 Å². The lowest BCUT2D eigenvalue weighted by Gasteiger charge is -2.13. The predicted molar refractivity (Wildman–Crippen MR) is 129 cm³/mol. The van der Waals surface area contributed by atoms with Crippen LogP contribution in [0.3, 0.4) is 0 Å². The molecular weight excluding hydrogens is 456 g/mol. The maximum Gasteiger partial charge on any atom is 0.302 e. The average Bonchev–Trinajstić information content (AvgIpc) is 3.41. The van der Waals surface area contributed by atoms with E-state index in [0.29, 0.717) is 17.2 Å². The van der Waals surface area contributed by atoms with Crippen LogP contribution in [0, 0.1) is 6.92 Å². The van der Waals surface area contributed by atoms with Crippen LogP contribution in [0.25, 0.3) is 22.2 Å². The molecule has 0 saturated carbocycles. The minimum atomic E-state index is -3.79. The summed E-state index contributed by atoms with van der Waals surface area (Å²) in [6.07, 6.45) is 3.43. The standard InChI is InChI=1S/C25H26N2O6S/c1-17-7-9-19(10-8-17)34(29,30)27-11-5-6-22(27)21-16-26(3)23-15-25(24(31-4)14-20(21)23)33-13-12-32-18(2)28/h5-11,14-16H,12-13H2,1-4H3. The van der Waals surface area contributed by atoms with Crippen molar-refractivity contribution in [3.8, 4) is 22.8 Å². The Balaban J connectivity index is 1.76. The second-order valence-electron chi connectivity index (χ2n) is 7.87. The third-order valence-electron chi connectivity index (χ3n) is 5.49. The highest BCUT2D eigenvalue weighted by Crippen LogP contribution is 2.39. The van der Waals surface area contributed by atoms with Crippen molar-refractivity contribution in [3.05, 3.63) is 66.5 Å². The lowest BCUT2D eigenvalue weighted by Crippen LogP contribution is -2.13. The Morgan fingerprint density at radius 2 is 1.76 bits per heavy atom. The topological polar surface area (TPSA) is 88.8 Å². The first-order valence-corrected chi connectivity index (χ1v) is 12.1. The lowest BCUT2D eigenvalue weighted by atomic mass is 10.1. The number of aryl methyl sites for hydroxylation is 2. The van der Waals surface area contributed by atoms with Crippen molar-refractivity contribution < 1.29 is 27.4 Å². The zero-order valence-electron chi connectivity index (χ0n) is 19.4. The number of methoxy groups -OCH3 is 1. The van der Waals surface area contributed by atoms with Crippen molar-refractivity contribution in [2.24, 2.45) is 7.05 Å². The van der Waals surface area contributed by atoms with Gasteiger partial charge in [0.05, 0.1) is 23.2 Å². The van der Waals surface area contributed by atoms with Crippen molar-refractivity contribution in [1.82, 2.24) is 8.54 Å². The van der Waals surface area contributed by atoms with E-state index in [1.165, 1.54) is 18.0 Å². The van der Waals surface area contributed by atoms with Crippen LogP contribution in [-0.2, 0) is 26.6 Å². The molecule has 178 valence electrons. The zero-order valence-corrected chi connectivity index (χ0v) is 20.3. The van der Waals surface area contributed by atoms with Gasteiger partial charge in [0.1, 0.15) is 13.2 Å². The lowest BCUT2D eigenvalue weighted by molar-refractivity contribution is -0.141. The molecule has 0 unspecified atom stereocenters. The molecule has 0 aliphatic rings. The minimum absolute atomic E-state index is 0.124. The number of esters is 1. The van der Waals surface area contributed by atoms with E-state index >= 15 is 0 Å². The summed E-state index contributed by atoms with van der Waals surface area (Å²) in [4.78, 5) is 11.2. The number of fused-ring (bicyclic) bond motifs is 1. The van der Waals surface area contributed by atoms with Gasteiger partial charge in [0, 0.05) is 43.4 Å². The average molecular weight is 483 g/mol. The van der Waals surface area contributed by atoms with Crippen molar-refractivity contribution in [2.75, 3.05) is 20.3 Å². The normalized spacial score (nSPS) is 11.5. The summed E-state index contributed by atoms with van der Waals surface area (Å²) in [6.45, 7) is 3.55. The molecule has 4 aromatic rings. The van der Waals surface area contributed by atoms with Crippen LogP contribution in [-0.4, -0.2) is 43.3 Å².